The summed E-state index contributed by atoms with van der Waals surface area (Å²) in [5.74, 6) is 2.83. The molecule has 0 unspecified atom stereocenters. The normalized spacial score (nSPS) is 24.0. The summed E-state index contributed by atoms with van der Waals surface area (Å²) in [6, 6.07) is 0. The van der Waals surface area contributed by atoms with Crippen molar-refractivity contribution < 1.29 is 9.47 Å². The lowest BCUT2D eigenvalue weighted by Gasteiger charge is -2.09. The zero-order chi connectivity index (χ0) is 14.1. The molecule has 2 N–H and O–H groups in total. The Labute approximate surface area is 128 Å². The Morgan fingerprint density at radius 1 is 0.550 bits per heavy atom. The number of ether oxygens (including phenoxy) is 2. The predicted molar refractivity (Wildman–Crippen MR) is 87.8 cm³/mol. The highest BCUT2D eigenvalue weighted by atomic mass is 32.2. The zero-order valence-corrected chi connectivity index (χ0v) is 13.6. The third kappa shape index (κ3) is 16.2. The number of hydrogen-bond acceptors (Lipinski definition) is 5. The molecule has 0 aromatic carbocycles. The van der Waals surface area contributed by atoms with Crippen LogP contribution < -0.4 is 10.6 Å². The van der Waals surface area contributed by atoms with Crippen LogP contribution in [0.3, 0.4) is 0 Å². The van der Waals surface area contributed by atoms with Gasteiger partial charge in [0.1, 0.15) is 0 Å². The van der Waals surface area contributed by atoms with Crippen molar-refractivity contribution in [3.8, 4) is 0 Å². The Hall–Kier alpha value is 0.190. The molecule has 5 saturated heterocycles. The maximum absolute atomic E-state index is 4.94. The van der Waals surface area contributed by atoms with Crippen LogP contribution in [0, 0.1) is 0 Å². The molecule has 0 atom stereocenters. The fourth-order valence-electron chi connectivity index (χ4n) is 0.976. The van der Waals surface area contributed by atoms with E-state index in [0.717, 1.165) is 26.4 Å². The van der Waals surface area contributed by atoms with Crippen LogP contribution in [-0.2, 0) is 9.47 Å². The second kappa shape index (κ2) is 15.6. The van der Waals surface area contributed by atoms with E-state index in [9.17, 15) is 0 Å². The second-order valence-corrected chi connectivity index (χ2v) is 6.33. The SMILES string of the molecule is C1CCOC1.C1CN1.C1CNC1.C1COC1.C1CSC1. The van der Waals surface area contributed by atoms with Gasteiger partial charge < -0.3 is 20.1 Å². The minimum atomic E-state index is 1.00. The first-order chi connectivity index (χ1) is 10.0. The van der Waals surface area contributed by atoms with Crippen LogP contribution in [-0.4, -0.2) is 64.1 Å². The van der Waals surface area contributed by atoms with Crippen molar-refractivity contribution in [3.63, 3.8) is 0 Å². The molecule has 0 spiro atoms. The maximum Gasteiger partial charge on any atom is 0.0488 e. The smallest absolute Gasteiger partial charge is 0.0488 e. The van der Waals surface area contributed by atoms with E-state index in [1.165, 1.54) is 69.8 Å². The molecule has 0 aromatic rings. The predicted octanol–water partition coefficient (Wildman–Crippen LogP) is 1.90. The van der Waals surface area contributed by atoms with Crippen LogP contribution in [0.2, 0.25) is 0 Å². The highest BCUT2D eigenvalue weighted by Gasteiger charge is 1.96. The van der Waals surface area contributed by atoms with Gasteiger partial charge in [-0.2, -0.15) is 11.8 Å². The topological polar surface area (TPSA) is 52.4 Å². The van der Waals surface area contributed by atoms with E-state index in [1.807, 2.05) is 11.8 Å². The van der Waals surface area contributed by atoms with Gasteiger partial charge in [0, 0.05) is 39.5 Å². The van der Waals surface area contributed by atoms with Gasteiger partial charge in [-0.15, -0.1) is 0 Å². The minimum absolute atomic E-state index is 1.00. The summed E-state index contributed by atoms with van der Waals surface area (Å²) in [7, 11) is 0. The summed E-state index contributed by atoms with van der Waals surface area (Å²) in [5, 5.41) is 6.11. The van der Waals surface area contributed by atoms with Gasteiger partial charge in [-0.25, -0.2) is 0 Å². The first-order valence-electron chi connectivity index (χ1n) is 8.15. The molecule has 0 aromatic heterocycles. The molecule has 120 valence electrons. The van der Waals surface area contributed by atoms with Gasteiger partial charge in [-0.1, -0.05) is 0 Å². The third-order valence-electron chi connectivity index (χ3n) is 2.94. The molecule has 4 nitrogen and oxygen atoms in total. The molecule has 0 aliphatic carbocycles. The van der Waals surface area contributed by atoms with Gasteiger partial charge in [-0.3, -0.25) is 0 Å². The summed E-state index contributed by atoms with van der Waals surface area (Å²) < 4.78 is 9.67. The highest BCUT2D eigenvalue weighted by molar-refractivity contribution is 8.00. The molecule has 5 rings (SSSR count). The first-order valence-corrected chi connectivity index (χ1v) is 9.30. The van der Waals surface area contributed by atoms with Crippen LogP contribution in [0.4, 0.5) is 0 Å². The quantitative estimate of drug-likeness (QED) is 0.670. The molecule has 5 heterocycles. The molecular formula is C15H32N2O2S. The molecular weight excluding hydrogens is 272 g/mol. The van der Waals surface area contributed by atoms with Gasteiger partial charge in [-0.05, 0) is 56.7 Å². The summed E-state index contributed by atoms with van der Waals surface area (Å²) in [5.41, 5.74) is 0. The minimum Gasteiger partial charge on any atom is -0.381 e. The largest absolute Gasteiger partial charge is 0.381 e. The molecule has 0 bridgehead atoms. The lowest BCUT2D eigenvalue weighted by Crippen LogP contribution is -2.29. The molecule has 0 saturated carbocycles. The summed E-state index contributed by atoms with van der Waals surface area (Å²) in [4.78, 5) is 0. The number of rotatable bonds is 0. The van der Waals surface area contributed by atoms with Gasteiger partial charge in [0.15, 0.2) is 0 Å². The fraction of sp³-hybridized carbons (Fsp3) is 1.00. The van der Waals surface area contributed by atoms with Crippen LogP contribution in [0.5, 0.6) is 0 Å². The number of nitrogens with one attached hydrogen (secondary N) is 2. The van der Waals surface area contributed by atoms with Crippen LogP contribution in [0.25, 0.3) is 0 Å². The molecule has 20 heavy (non-hydrogen) atoms. The summed E-state index contributed by atoms with van der Waals surface area (Å²) in [6.45, 7) is 9.00. The monoisotopic (exact) mass is 304 g/mol. The van der Waals surface area contributed by atoms with Crippen molar-refractivity contribution >= 4 is 11.8 Å². The molecule has 0 amide bonds. The number of thioether (sulfide) groups is 1. The Kier molecular flexibility index (Phi) is 14.2. The number of hydrogen-bond donors (Lipinski definition) is 2. The van der Waals surface area contributed by atoms with Crippen LogP contribution in [0.1, 0.15) is 32.1 Å². The van der Waals surface area contributed by atoms with Gasteiger partial charge in [0.05, 0.1) is 0 Å². The van der Waals surface area contributed by atoms with E-state index < -0.39 is 0 Å². The summed E-state index contributed by atoms with van der Waals surface area (Å²) in [6.07, 6.45) is 6.69. The van der Waals surface area contributed by atoms with Gasteiger partial charge >= 0.3 is 0 Å². The maximum atomic E-state index is 4.94. The van der Waals surface area contributed by atoms with Crippen molar-refractivity contribution in [2.24, 2.45) is 0 Å². The second-order valence-electron chi connectivity index (χ2n) is 5.10. The average molecular weight is 304 g/mol. The van der Waals surface area contributed by atoms with E-state index in [-0.39, 0.29) is 0 Å². The van der Waals surface area contributed by atoms with Crippen molar-refractivity contribution in [2.75, 3.05) is 64.1 Å². The molecule has 5 heteroatoms. The Morgan fingerprint density at radius 3 is 0.950 bits per heavy atom. The van der Waals surface area contributed by atoms with E-state index in [1.54, 1.807) is 0 Å². The summed E-state index contributed by atoms with van der Waals surface area (Å²) >= 11 is 2.04. The standard InChI is InChI=1S/C4H8O.C3H7N.C3H6O.C3H6S.C2H5N/c1-2-4-5-3-1;3*1-2-4-3-1;1-2-3-1/h1-4H2;4H,1-3H2;2*1-3H2;3H,1-2H2. The fourth-order valence-corrected chi connectivity index (χ4v) is 1.26. The third-order valence-corrected chi connectivity index (χ3v) is 4.09. The molecule has 5 fully saturated rings. The zero-order valence-electron chi connectivity index (χ0n) is 12.8. The first kappa shape index (κ1) is 18.2. The van der Waals surface area contributed by atoms with E-state index >= 15 is 0 Å². The lowest BCUT2D eigenvalue weighted by atomic mass is 10.3. The van der Waals surface area contributed by atoms with Crippen molar-refractivity contribution in [1.82, 2.24) is 10.6 Å². The van der Waals surface area contributed by atoms with E-state index in [2.05, 4.69) is 10.6 Å². The van der Waals surface area contributed by atoms with Crippen molar-refractivity contribution in [1.29, 1.82) is 0 Å². The Bertz CT molecular complexity index is 137. The van der Waals surface area contributed by atoms with Crippen LogP contribution >= 0.6 is 11.8 Å². The Morgan fingerprint density at radius 2 is 0.900 bits per heavy atom. The van der Waals surface area contributed by atoms with Crippen molar-refractivity contribution in [3.05, 3.63) is 0 Å². The Balaban J connectivity index is 0.000000126. The lowest BCUT2D eigenvalue weighted by molar-refractivity contribution is 0.0367. The molecule has 5 aliphatic heterocycles. The average Bonchev–Trinajstić information content (AvgIpc) is 2.93. The van der Waals surface area contributed by atoms with Gasteiger partial charge in [0.2, 0.25) is 0 Å². The van der Waals surface area contributed by atoms with Crippen molar-refractivity contribution in [2.45, 2.75) is 32.1 Å². The van der Waals surface area contributed by atoms with E-state index in [0.29, 0.717) is 0 Å². The highest BCUT2D eigenvalue weighted by Crippen LogP contribution is 2.14. The molecule has 5 aliphatic rings. The van der Waals surface area contributed by atoms with E-state index in [4.69, 9.17) is 9.47 Å². The van der Waals surface area contributed by atoms with Crippen LogP contribution in [0.15, 0.2) is 0 Å². The van der Waals surface area contributed by atoms with Gasteiger partial charge in [0.25, 0.3) is 0 Å². The molecule has 0 radical (unpaired) electrons.